The third-order valence-electron chi connectivity index (χ3n) is 5.14. The molecule has 0 aromatic carbocycles. The van der Waals surface area contributed by atoms with Crippen molar-refractivity contribution in [2.75, 3.05) is 18.4 Å². The molecule has 9 heteroatoms. The molecular weight excluding hydrogens is 348 g/mol. The Bertz CT molecular complexity index is 986. The van der Waals surface area contributed by atoms with Gasteiger partial charge < -0.3 is 14.8 Å². The molecule has 0 bridgehead atoms. The fraction of sp³-hybridized carbons (Fsp3) is 0.500. The number of hydrogen-bond donors (Lipinski definition) is 1. The summed E-state index contributed by atoms with van der Waals surface area (Å²) in [6.45, 7) is 4.71. The molecular formula is C18H24N6O3. The molecule has 0 saturated carbocycles. The summed E-state index contributed by atoms with van der Waals surface area (Å²) in [4.78, 5) is 46.7. The zero-order valence-electron chi connectivity index (χ0n) is 16.0. The maximum Gasteiger partial charge on any atom is 0.330 e. The van der Waals surface area contributed by atoms with E-state index < -0.39 is 0 Å². The van der Waals surface area contributed by atoms with Crippen LogP contribution < -0.4 is 16.6 Å². The quantitative estimate of drug-likeness (QED) is 0.830. The fourth-order valence-corrected chi connectivity index (χ4v) is 3.33. The van der Waals surface area contributed by atoms with E-state index in [2.05, 4.69) is 15.3 Å². The Balaban J connectivity index is 1.87. The lowest BCUT2D eigenvalue weighted by Crippen LogP contribution is -2.41. The Morgan fingerprint density at radius 3 is 2.48 bits per heavy atom. The van der Waals surface area contributed by atoms with Gasteiger partial charge in [0.25, 0.3) is 5.56 Å². The van der Waals surface area contributed by atoms with Crippen LogP contribution in [-0.4, -0.2) is 49.0 Å². The van der Waals surface area contributed by atoms with Crippen LogP contribution in [0.4, 0.5) is 5.95 Å². The fourth-order valence-electron chi connectivity index (χ4n) is 3.33. The molecule has 9 nitrogen and oxygen atoms in total. The number of amides is 1. The predicted octanol–water partition coefficient (Wildman–Crippen LogP) is 0.272. The van der Waals surface area contributed by atoms with Crippen LogP contribution in [0, 0.1) is 6.92 Å². The van der Waals surface area contributed by atoms with Crippen LogP contribution in [0.15, 0.2) is 21.9 Å². The number of carbonyl (C=O) groups is 1. The highest BCUT2D eigenvalue weighted by molar-refractivity contribution is 5.73. The smallest absolute Gasteiger partial charge is 0.330 e. The molecule has 2 aromatic rings. The van der Waals surface area contributed by atoms with Crippen LogP contribution in [0.1, 0.15) is 25.5 Å². The molecule has 2 aromatic heterocycles. The highest BCUT2D eigenvalue weighted by atomic mass is 16.2. The van der Waals surface area contributed by atoms with E-state index in [1.807, 2.05) is 4.90 Å². The number of carbonyl (C=O) groups excluding carboxylic acids is 1. The van der Waals surface area contributed by atoms with Crippen LogP contribution in [0.3, 0.4) is 0 Å². The van der Waals surface area contributed by atoms with Gasteiger partial charge in [-0.25, -0.2) is 14.8 Å². The van der Waals surface area contributed by atoms with Crippen LogP contribution in [0.5, 0.6) is 0 Å². The molecule has 0 spiro atoms. The minimum atomic E-state index is -0.380. The molecule has 0 radical (unpaired) electrons. The van der Waals surface area contributed by atoms with Gasteiger partial charge in [-0.2, -0.15) is 0 Å². The molecule has 1 fully saturated rings. The largest absolute Gasteiger partial charge is 0.351 e. The third-order valence-corrected chi connectivity index (χ3v) is 5.14. The molecule has 1 amide bonds. The second kappa shape index (κ2) is 7.34. The van der Waals surface area contributed by atoms with Gasteiger partial charge in [-0.1, -0.05) is 0 Å². The molecule has 27 heavy (non-hydrogen) atoms. The zero-order chi connectivity index (χ0) is 19.7. The zero-order valence-corrected chi connectivity index (χ0v) is 16.0. The third kappa shape index (κ3) is 3.62. The Labute approximate surface area is 156 Å². The number of nitrogens with zero attached hydrogens (tertiary/aromatic N) is 5. The first-order valence-corrected chi connectivity index (χ1v) is 8.91. The standard InChI is InChI=1S/C18H24N6O3/c1-11-15(16(26)23(4)18(27)22(11)3)14-5-8-19-17(21-14)20-13-6-9-24(10-7-13)12(2)25/h5,8,13H,6-7,9-10H2,1-4H3,(H,19,20,21). The van der Waals surface area contributed by atoms with Crippen molar-refractivity contribution in [2.24, 2.45) is 14.1 Å². The van der Waals surface area contributed by atoms with E-state index in [1.165, 1.54) is 11.6 Å². The molecule has 3 heterocycles. The molecule has 1 aliphatic heterocycles. The molecule has 0 aliphatic carbocycles. The van der Waals surface area contributed by atoms with Crippen LogP contribution in [0.25, 0.3) is 11.3 Å². The monoisotopic (exact) mass is 372 g/mol. The summed E-state index contributed by atoms with van der Waals surface area (Å²) in [6.07, 6.45) is 3.22. The van der Waals surface area contributed by atoms with Crippen LogP contribution >= 0.6 is 0 Å². The van der Waals surface area contributed by atoms with Crippen LogP contribution in [-0.2, 0) is 18.9 Å². The maximum absolute atomic E-state index is 12.6. The summed E-state index contributed by atoms with van der Waals surface area (Å²) in [6, 6.07) is 1.83. The van der Waals surface area contributed by atoms with E-state index in [-0.39, 0.29) is 23.2 Å². The van der Waals surface area contributed by atoms with E-state index >= 15 is 0 Å². The molecule has 3 rings (SSSR count). The van der Waals surface area contributed by atoms with Crippen molar-refractivity contribution < 1.29 is 4.79 Å². The van der Waals surface area contributed by atoms with Crippen molar-refractivity contribution in [3.63, 3.8) is 0 Å². The van der Waals surface area contributed by atoms with E-state index in [9.17, 15) is 14.4 Å². The van der Waals surface area contributed by atoms with Crippen molar-refractivity contribution in [3.8, 4) is 11.3 Å². The number of likely N-dealkylation sites (tertiary alicyclic amines) is 1. The summed E-state index contributed by atoms with van der Waals surface area (Å²) in [5.74, 6) is 0.525. The number of rotatable bonds is 3. The first-order chi connectivity index (χ1) is 12.8. The topological polar surface area (TPSA) is 102 Å². The minimum absolute atomic E-state index is 0.0905. The van der Waals surface area contributed by atoms with Crippen molar-refractivity contribution in [3.05, 3.63) is 38.8 Å². The van der Waals surface area contributed by atoms with Crippen LogP contribution in [0.2, 0.25) is 0 Å². The van der Waals surface area contributed by atoms with Crippen molar-refractivity contribution >= 4 is 11.9 Å². The molecule has 1 aliphatic rings. The minimum Gasteiger partial charge on any atom is -0.351 e. The lowest BCUT2D eigenvalue weighted by atomic mass is 10.1. The molecule has 0 unspecified atom stereocenters. The lowest BCUT2D eigenvalue weighted by molar-refractivity contribution is -0.129. The first-order valence-electron chi connectivity index (χ1n) is 8.91. The van der Waals surface area contributed by atoms with E-state index in [4.69, 9.17) is 0 Å². The van der Waals surface area contributed by atoms with Gasteiger partial charge in [0.1, 0.15) is 0 Å². The Kier molecular flexibility index (Phi) is 5.11. The summed E-state index contributed by atoms with van der Waals surface area (Å²) in [5, 5.41) is 3.29. The molecule has 1 N–H and O–H groups in total. The number of piperidine rings is 1. The Morgan fingerprint density at radius 1 is 1.19 bits per heavy atom. The molecule has 144 valence electrons. The number of hydrogen-bond acceptors (Lipinski definition) is 6. The first kappa shape index (κ1) is 18.8. The van der Waals surface area contributed by atoms with Gasteiger partial charge in [0.2, 0.25) is 11.9 Å². The van der Waals surface area contributed by atoms with Gasteiger partial charge in [0.15, 0.2) is 0 Å². The van der Waals surface area contributed by atoms with E-state index in [0.29, 0.717) is 36.0 Å². The van der Waals surface area contributed by atoms with Gasteiger partial charge in [-0.15, -0.1) is 0 Å². The van der Waals surface area contributed by atoms with Gasteiger partial charge in [0, 0.05) is 52.0 Å². The highest BCUT2D eigenvalue weighted by Gasteiger charge is 2.22. The van der Waals surface area contributed by atoms with Gasteiger partial charge in [-0.3, -0.25) is 14.2 Å². The number of anilines is 1. The average Bonchev–Trinajstić information content (AvgIpc) is 2.66. The number of aromatic nitrogens is 4. The maximum atomic E-state index is 12.6. The second-order valence-corrected chi connectivity index (χ2v) is 6.86. The summed E-state index contributed by atoms with van der Waals surface area (Å²) in [5.41, 5.74) is 0.669. The van der Waals surface area contributed by atoms with Crippen molar-refractivity contribution in [1.29, 1.82) is 0 Å². The molecule has 0 atom stereocenters. The average molecular weight is 372 g/mol. The predicted molar refractivity (Wildman–Crippen MR) is 102 cm³/mol. The summed E-state index contributed by atoms with van der Waals surface area (Å²) >= 11 is 0. The number of nitrogens with one attached hydrogen (secondary N) is 1. The van der Waals surface area contributed by atoms with Gasteiger partial charge in [-0.05, 0) is 25.8 Å². The molecule has 1 saturated heterocycles. The van der Waals surface area contributed by atoms with E-state index in [0.717, 1.165) is 17.4 Å². The summed E-state index contributed by atoms with van der Waals surface area (Å²) in [7, 11) is 3.08. The SMILES string of the molecule is CC(=O)N1CCC(Nc2nccc(-c3c(C)n(C)c(=O)n(C)c3=O)n2)CC1. The lowest BCUT2D eigenvalue weighted by Gasteiger charge is -2.31. The van der Waals surface area contributed by atoms with Gasteiger partial charge in [0.05, 0.1) is 11.3 Å². The summed E-state index contributed by atoms with van der Waals surface area (Å²) < 4.78 is 2.51. The Hall–Kier alpha value is -2.97. The van der Waals surface area contributed by atoms with Crippen molar-refractivity contribution in [2.45, 2.75) is 32.7 Å². The second-order valence-electron chi connectivity index (χ2n) is 6.86. The van der Waals surface area contributed by atoms with Gasteiger partial charge >= 0.3 is 5.69 Å². The highest BCUT2D eigenvalue weighted by Crippen LogP contribution is 2.19. The normalized spacial score (nSPS) is 15.0. The Morgan fingerprint density at radius 2 is 1.85 bits per heavy atom. The van der Waals surface area contributed by atoms with E-state index in [1.54, 1.807) is 33.2 Å². The van der Waals surface area contributed by atoms with Crippen molar-refractivity contribution in [1.82, 2.24) is 24.0 Å².